The van der Waals surface area contributed by atoms with Crippen molar-refractivity contribution in [2.75, 3.05) is 32.7 Å². The van der Waals surface area contributed by atoms with E-state index in [1.807, 2.05) is 18.0 Å². The Labute approximate surface area is 237 Å². The van der Waals surface area contributed by atoms with E-state index in [-0.39, 0.29) is 5.91 Å². The van der Waals surface area contributed by atoms with Crippen molar-refractivity contribution in [3.05, 3.63) is 125 Å². The zero-order chi connectivity index (χ0) is 27.7. The van der Waals surface area contributed by atoms with Gasteiger partial charge in [-0.2, -0.15) is 5.26 Å². The summed E-state index contributed by atoms with van der Waals surface area (Å²) in [6.07, 6.45) is 4.86. The highest BCUT2D eigenvalue weighted by atomic mass is 16.2. The number of piperidine rings is 1. The number of hydrogen-bond acceptors (Lipinski definition) is 4. The van der Waals surface area contributed by atoms with Gasteiger partial charge >= 0.3 is 0 Å². The Hall–Kier alpha value is -4.21. The third kappa shape index (κ3) is 7.05. The maximum atomic E-state index is 13.7. The van der Waals surface area contributed by atoms with Crippen LogP contribution in [-0.2, 0) is 6.42 Å². The lowest BCUT2D eigenvalue weighted by Crippen LogP contribution is -2.44. The topological polar surface area (TPSA) is 76.0 Å². The molecule has 1 N–H and O–H groups in total. The second kappa shape index (κ2) is 13.2. The Morgan fingerprint density at radius 3 is 2.33 bits per heavy atom. The van der Waals surface area contributed by atoms with Gasteiger partial charge in [0.25, 0.3) is 5.91 Å². The molecule has 0 bridgehead atoms. The van der Waals surface area contributed by atoms with Crippen molar-refractivity contribution in [3.63, 3.8) is 0 Å². The monoisotopic (exact) mass is 531 g/mol. The minimum Gasteiger partial charge on any atom is -0.349 e. The summed E-state index contributed by atoms with van der Waals surface area (Å²) in [6, 6.07) is 30.7. The Bertz CT molecular complexity index is 1370. The van der Waals surface area contributed by atoms with Crippen LogP contribution in [0.1, 0.15) is 57.3 Å². The first kappa shape index (κ1) is 27.4. The van der Waals surface area contributed by atoms with Crippen LogP contribution in [-0.4, -0.2) is 58.4 Å². The van der Waals surface area contributed by atoms with Crippen molar-refractivity contribution in [1.82, 2.24) is 19.8 Å². The summed E-state index contributed by atoms with van der Waals surface area (Å²) >= 11 is 0. The standard InChI is InChI=1S/C34H37N5O/c1-26-36-22-32(37-26)18-20-39(34(40)31-16-14-27(21-35)15-17-31)24-28-9-8-19-38(23-28)25-33(29-10-4-2-5-11-29)30-12-6-3-7-13-30/h2-7,10-17,22,28,33H,8-9,18-20,23-25H2,1H3,(H,36,37). The van der Waals surface area contributed by atoms with Crippen LogP contribution in [0.5, 0.6) is 0 Å². The lowest BCUT2D eigenvalue weighted by atomic mass is 9.89. The molecule has 0 aliphatic carbocycles. The van der Waals surface area contributed by atoms with E-state index in [0.717, 1.165) is 44.0 Å². The number of carbonyl (C=O) groups is 1. The number of benzene rings is 3. The molecule has 2 heterocycles. The smallest absolute Gasteiger partial charge is 0.253 e. The van der Waals surface area contributed by atoms with E-state index in [1.165, 1.54) is 11.1 Å². The van der Waals surface area contributed by atoms with Crippen molar-refractivity contribution in [2.24, 2.45) is 5.92 Å². The number of nitrogens with one attached hydrogen (secondary N) is 1. The van der Waals surface area contributed by atoms with Crippen molar-refractivity contribution in [3.8, 4) is 6.07 Å². The second-order valence-electron chi connectivity index (χ2n) is 10.8. The Morgan fingerprint density at radius 2 is 1.73 bits per heavy atom. The van der Waals surface area contributed by atoms with Gasteiger partial charge in [0.05, 0.1) is 17.3 Å². The normalized spacial score (nSPS) is 15.6. The first-order valence-electron chi connectivity index (χ1n) is 14.2. The fourth-order valence-electron chi connectivity index (χ4n) is 5.80. The number of imidazole rings is 1. The van der Waals surface area contributed by atoms with Crippen LogP contribution in [0.25, 0.3) is 0 Å². The number of nitriles is 1. The number of aryl methyl sites for hydroxylation is 1. The maximum absolute atomic E-state index is 13.7. The van der Waals surface area contributed by atoms with E-state index in [9.17, 15) is 10.1 Å². The zero-order valence-corrected chi connectivity index (χ0v) is 23.2. The average molecular weight is 532 g/mol. The molecule has 0 spiro atoms. The number of aromatic nitrogens is 2. The fraction of sp³-hybridized carbons (Fsp3) is 0.324. The molecule has 1 aromatic heterocycles. The molecule has 0 radical (unpaired) electrons. The second-order valence-corrected chi connectivity index (χ2v) is 10.8. The number of likely N-dealkylation sites (tertiary alicyclic amines) is 1. The first-order valence-corrected chi connectivity index (χ1v) is 14.2. The van der Waals surface area contributed by atoms with Crippen LogP contribution in [0.4, 0.5) is 0 Å². The molecule has 1 fully saturated rings. The Kier molecular flexibility index (Phi) is 9.05. The van der Waals surface area contributed by atoms with Crippen molar-refractivity contribution in [2.45, 2.75) is 32.1 Å². The highest BCUT2D eigenvalue weighted by molar-refractivity contribution is 5.94. The minimum absolute atomic E-state index is 0.0142. The Morgan fingerprint density at radius 1 is 1.05 bits per heavy atom. The van der Waals surface area contributed by atoms with E-state index in [2.05, 4.69) is 81.6 Å². The zero-order valence-electron chi connectivity index (χ0n) is 23.2. The van der Waals surface area contributed by atoms with Gasteiger partial charge in [0.15, 0.2) is 0 Å². The lowest BCUT2D eigenvalue weighted by Gasteiger charge is -2.37. The third-order valence-corrected chi connectivity index (χ3v) is 7.87. The van der Waals surface area contributed by atoms with Gasteiger partial charge in [-0.05, 0) is 67.6 Å². The van der Waals surface area contributed by atoms with Gasteiger partial charge in [-0.3, -0.25) is 4.79 Å². The number of aromatic amines is 1. The molecule has 4 aromatic rings. The van der Waals surface area contributed by atoms with E-state index in [4.69, 9.17) is 0 Å². The number of nitrogens with zero attached hydrogens (tertiary/aromatic N) is 4. The van der Waals surface area contributed by atoms with E-state index in [0.29, 0.717) is 42.5 Å². The summed E-state index contributed by atoms with van der Waals surface area (Å²) in [6.45, 7) is 6.26. The average Bonchev–Trinajstić information content (AvgIpc) is 3.43. The predicted molar refractivity (Wildman–Crippen MR) is 158 cm³/mol. The van der Waals surface area contributed by atoms with Crippen LogP contribution < -0.4 is 0 Å². The van der Waals surface area contributed by atoms with Gasteiger partial charge in [0, 0.05) is 50.3 Å². The van der Waals surface area contributed by atoms with E-state index in [1.54, 1.807) is 24.3 Å². The number of carbonyl (C=O) groups excluding carboxylic acids is 1. The molecular weight excluding hydrogens is 494 g/mol. The summed E-state index contributed by atoms with van der Waals surface area (Å²) in [5.41, 5.74) is 4.82. The number of hydrogen-bond donors (Lipinski definition) is 1. The summed E-state index contributed by atoms with van der Waals surface area (Å²) in [5, 5.41) is 9.18. The van der Waals surface area contributed by atoms with Gasteiger partial charge in [0.2, 0.25) is 0 Å². The van der Waals surface area contributed by atoms with Gasteiger partial charge in [-0.1, -0.05) is 60.7 Å². The molecule has 3 aromatic carbocycles. The molecule has 1 atom stereocenters. The van der Waals surface area contributed by atoms with Crippen LogP contribution in [0.3, 0.4) is 0 Å². The van der Waals surface area contributed by atoms with Gasteiger partial charge < -0.3 is 14.8 Å². The van der Waals surface area contributed by atoms with Crippen LogP contribution in [0.15, 0.2) is 91.1 Å². The summed E-state index contributed by atoms with van der Waals surface area (Å²) < 4.78 is 0. The molecule has 6 nitrogen and oxygen atoms in total. The molecule has 1 saturated heterocycles. The molecule has 1 amide bonds. The minimum atomic E-state index is 0.0142. The Balaban J connectivity index is 1.30. The van der Waals surface area contributed by atoms with Crippen molar-refractivity contribution < 1.29 is 4.79 Å². The van der Waals surface area contributed by atoms with Gasteiger partial charge in [-0.15, -0.1) is 0 Å². The van der Waals surface area contributed by atoms with E-state index >= 15 is 0 Å². The molecule has 0 saturated carbocycles. The fourth-order valence-corrected chi connectivity index (χ4v) is 5.80. The van der Waals surface area contributed by atoms with Crippen LogP contribution in [0, 0.1) is 24.2 Å². The third-order valence-electron chi connectivity index (χ3n) is 7.87. The largest absolute Gasteiger partial charge is 0.349 e. The van der Waals surface area contributed by atoms with E-state index < -0.39 is 0 Å². The number of amides is 1. The predicted octanol–water partition coefficient (Wildman–Crippen LogP) is 5.82. The first-order chi connectivity index (χ1) is 19.6. The molecular formula is C34H37N5O. The molecule has 204 valence electrons. The lowest BCUT2D eigenvalue weighted by molar-refractivity contribution is 0.0678. The molecule has 6 heteroatoms. The highest BCUT2D eigenvalue weighted by Gasteiger charge is 2.27. The maximum Gasteiger partial charge on any atom is 0.253 e. The number of H-pyrrole nitrogens is 1. The summed E-state index contributed by atoms with van der Waals surface area (Å²) in [4.78, 5) is 25.9. The van der Waals surface area contributed by atoms with Crippen molar-refractivity contribution >= 4 is 5.91 Å². The molecule has 1 unspecified atom stereocenters. The van der Waals surface area contributed by atoms with Crippen LogP contribution >= 0.6 is 0 Å². The highest BCUT2D eigenvalue weighted by Crippen LogP contribution is 2.28. The summed E-state index contributed by atoms with van der Waals surface area (Å²) in [5.74, 6) is 1.60. The molecule has 40 heavy (non-hydrogen) atoms. The van der Waals surface area contributed by atoms with Crippen molar-refractivity contribution in [1.29, 1.82) is 5.26 Å². The summed E-state index contributed by atoms with van der Waals surface area (Å²) in [7, 11) is 0. The van der Waals surface area contributed by atoms with Crippen LogP contribution in [0.2, 0.25) is 0 Å². The molecule has 1 aliphatic heterocycles. The SMILES string of the molecule is Cc1nc(CCN(CC2CCCN(CC(c3ccccc3)c3ccccc3)C2)C(=O)c2ccc(C#N)cc2)c[nH]1. The number of rotatable bonds is 10. The van der Waals surface area contributed by atoms with Gasteiger partial charge in [0.1, 0.15) is 5.82 Å². The molecule has 5 rings (SSSR count). The quantitative estimate of drug-likeness (QED) is 0.280. The van der Waals surface area contributed by atoms with Gasteiger partial charge in [-0.25, -0.2) is 4.98 Å². The molecule has 1 aliphatic rings.